The van der Waals surface area contributed by atoms with E-state index in [2.05, 4.69) is 31.3 Å². The van der Waals surface area contributed by atoms with E-state index < -0.39 is 0 Å². The number of rotatable bonds is 11. The Kier molecular flexibility index (Phi) is 9.06. The number of benzene rings is 1. The molecule has 1 aromatic carbocycles. The average molecular weight is 295 g/mol. The lowest BCUT2D eigenvalue weighted by Crippen LogP contribution is -2.21. The summed E-state index contributed by atoms with van der Waals surface area (Å²) in [6.45, 7) is 11.6. The Balaban J connectivity index is 2.24. The van der Waals surface area contributed by atoms with E-state index >= 15 is 0 Å². The van der Waals surface area contributed by atoms with Gasteiger partial charge in [-0.3, -0.25) is 0 Å². The molecule has 4 heteroatoms. The van der Waals surface area contributed by atoms with Gasteiger partial charge in [0.2, 0.25) is 0 Å². The molecule has 4 nitrogen and oxygen atoms in total. The highest BCUT2D eigenvalue weighted by atomic mass is 16.5. The van der Waals surface area contributed by atoms with Crippen LogP contribution in [0.1, 0.15) is 33.3 Å². The summed E-state index contributed by atoms with van der Waals surface area (Å²) in [5.41, 5.74) is 1.23. The van der Waals surface area contributed by atoms with E-state index in [1.807, 2.05) is 26.0 Å². The molecule has 21 heavy (non-hydrogen) atoms. The minimum atomic E-state index is 0.107. The van der Waals surface area contributed by atoms with Crippen LogP contribution in [0, 0.1) is 0 Å². The molecule has 0 aliphatic heterocycles. The van der Waals surface area contributed by atoms with Gasteiger partial charge in [-0.1, -0.05) is 26.0 Å². The molecule has 0 saturated heterocycles. The largest absolute Gasteiger partial charge is 0.491 e. The summed E-state index contributed by atoms with van der Waals surface area (Å²) in [6.07, 6.45) is 0.107. The first-order chi connectivity index (χ1) is 10.1. The van der Waals surface area contributed by atoms with Crippen LogP contribution >= 0.6 is 0 Å². The number of ether oxygens (including phenoxy) is 3. The fourth-order valence-electron chi connectivity index (χ4n) is 1.81. The Bertz CT molecular complexity index is 382. The number of hydrogen-bond donors (Lipinski definition) is 1. The minimum absolute atomic E-state index is 0.107. The number of nitrogens with one attached hydrogen (secondary N) is 1. The first-order valence-corrected chi connectivity index (χ1v) is 7.76. The molecule has 1 unspecified atom stereocenters. The van der Waals surface area contributed by atoms with Gasteiger partial charge in [-0.25, -0.2) is 0 Å². The fraction of sp³-hybridized carbons (Fsp3) is 0.647. The van der Waals surface area contributed by atoms with Crippen LogP contribution in [0.15, 0.2) is 24.3 Å². The van der Waals surface area contributed by atoms with E-state index in [1.165, 1.54) is 5.56 Å². The quantitative estimate of drug-likeness (QED) is 0.637. The zero-order valence-corrected chi connectivity index (χ0v) is 13.7. The van der Waals surface area contributed by atoms with Crippen molar-refractivity contribution in [1.29, 1.82) is 0 Å². The standard InChI is InChI=1S/C17H29NO3/c1-5-19-13-15(4)20-9-10-21-17-8-6-7-16(11-17)12-18-14(2)3/h6-8,11,14-15,18H,5,9-10,12-13H2,1-4H3. The Morgan fingerprint density at radius 2 is 1.95 bits per heavy atom. The molecule has 0 aromatic heterocycles. The summed E-state index contributed by atoms with van der Waals surface area (Å²) in [7, 11) is 0. The zero-order valence-electron chi connectivity index (χ0n) is 13.7. The van der Waals surface area contributed by atoms with Gasteiger partial charge in [-0.05, 0) is 31.5 Å². The third kappa shape index (κ3) is 8.71. The summed E-state index contributed by atoms with van der Waals surface area (Å²) in [5, 5.41) is 3.40. The molecule has 0 heterocycles. The predicted molar refractivity (Wildman–Crippen MR) is 85.8 cm³/mol. The maximum atomic E-state index is 5.71. The molecular formula is C17H29NO3. The van der Waals surface area contributed by atoms with Crippen LogP contribution in [0.5, 0.6) is 5.75 Å². The molecule has 0 amide bonds. The monoisotopic (exact) mass is 295 g/mol. The van der Waals surface area contributed by atoms with Gasteiger partial charge in [0.1, 0.15) is 12.4 Å². The maximum Gasteiger partial charge on any atom is 0.119 e. The molecule has 1 aromatic rings. The van der Waals surface area contributed by atoms with Crippen molar-refractivity contribution < 1.29 is 14.2 Å². The highest BCUT2D eigenvalue weighted by molar-refractivity contribution is 5.28. The third-order valence-electron chi connectivity index (χ3n) is 2.92. The zero-order chi connectivity index (χ0) is 15.5. The van der Waals surface area contributed by atoms with E-state index in [1.54, 1.807) is 0 Å². The van der Waals surface area contributed by atoms with Crippen molar-refractivity contribution in [1.82, 2.24) is 5.32 Å². The first kappa shape index (κ1) is 18.0. The van der Waals surface area contributed by atoms with Crippen molar-refractivity contribution >= 4 is 0 Å². The van der Waals surface area contributed by atoms with Gasteiger partial charge in [0.25, 0.3) is 0 Å². The molecule has 0 fully saturated rings. The molecule has 120 valence electrons. The smallest absolute Gasteiger partial charge is 0.119 e. The van der Waals surface area contributed by atoms with Gasteiger partial charge in [-0.15, -0.1) is 0 Å². The van der Waals surface area contributed by atoms with Crippen molar-refractivity contribution in [2.75, 3.05) is 26.4 Å². The minimum Gasteiger partial charge on any atom is -0.491 e. The molecule has 0 aliphatic rings. The molecule has 0 saturated carbocycles. The van der Waals surface area contributed by atoms with Crippen LogP contribution in [0.3, 0.4) is 0 Å². The van der Waals surface area contributed by atoms with E-state index in [-0.39, 0.29) is 6.10 Å². The van der Waals surface area contributed by atoms with Crippen molar-refractivity contribution in [2.45, 2.75) is 46.4 Å². The highest BCUT2D eigenvalue weighted by Crippen LogP contribution is 2.13. The van der Waals surface area contributed by atoms with Gasteiger partial charge < -0.3 is 19.5 Å². The number of hydrogen-bond acceptors (Lipinski definition) is 4. The second-order valence-corrected chi connectivity index (χ2v) is 5.37. The van der Waals surface area contributed by atoms with Gasteiger partial charge in [0.05, 0.1) is 19.3 Å². The maximum absolute atomic E-state index is 5.71. The normalized spacial score (nSPS) is 12.6. The van der Waals surface area contributed by atoms with Crippen LogP contribution in [-0.2, 0) is 16.0 Å². The molecule has 1 rings (SSSR count). The van der Waals surface area contributed by atoms with Gasteiger partial charge >= 0.3 is 0 Å². The van der Waals surface area contributed by atoms with E-state index in [0.29, 0.717) is 25.9 Å². The van der Waals surface area contributed by atoms with Crippen molar-refractivity contribution in [3.8, 4) is 5.75 Å². The summed E-state index contributed by atoms with van der Waals surface area (Å²) in [6, 6.07) is 8.64. The van der Waals surface area contributed by atoms with E-state index in [4.69, 9.17) is 14.2 Å². The fourth-order valence-corrected chi connectivity index (χ4v) is 1.81. The van der Waals surface area contributed by atoms with Gasteiger partial charge in [-0.2, -0.15) is 0 Å². The van der Waals surface area contributed by atoms with Crippen LogP contribution in [0.2, 0.25) is 0 Å². The summed E-state index contributed by atoms with van der Waals surface area (Å²) in [4.78, 5) is 0. The SMILES string of the molecule is CCOCC(C)OCCOc1cccc(CNC(C)C)c1. The Morgan fingerprint density at radius 3 is 2.67 bits per heavy atom. The van der Waals surface area contributed by atoms with E-state index in [0.717, 1.165) is 18.9 Å². The predicted octanol–water partition coefficient (Wildman–Crippen LogP) is 3.01. The lowest BCUT2D eigenvalue weighted by Gasteiger charge is -2.14. The van der Waals surface area contributed by atoms with E-state index in [9.17, 15) is 0 Å². The Hall–Kier alpha value is -1.10. The van der Waals surface area contributed by atoms with Crippen LogP contribution in [-0.4, -0.2) is 38.6 Å². The molecule has 0 spiro atoms. The molecule has 0 bridgehead atoms. The Labute approximate surface area is 128 Å². The molecule has 0 aliphatic carbocycles. The topological polar surface area (TPSA) is 39.7 Å². The molecule has 1 N–H and O–H groups in total. The third-order valence-corrected chi connectivity index (χ3v) is 2.92. The van der Waals surface area contributed by atoms with Crippen LogP contribution in [0.25, 0.3) is 0 Å². The molecule has 1 atom stereocenters. The van der Waals surface area contributed by atoms with Crippen molar-refractivity contribution in [2.24, 2.45) is 0 Å². The average Bonchev–Trinajstić information content (AvgIpc) is 2.48. The Morgan fingerprint density at radius 1 is 1.14 bits per heavy atom. The second-order valence-electron chi connectivity index (χ2n) is 5.37. The summed E-state index contributed by atoms with van der Waals surface area (Å²) < 4.78 is 16.6. The summed E-state index contributed by atoms with van der Waals surface area (Å²) >= 11 is 0. The van der Waals surface area contributed by atoms with Crippen LogP contribution < -0.4 is 10.1 Å². The molecule has 0 radical (unpaired) electrons. The first-order valence-electron chi connectivity index (χ1n) is 7.76. The van der Waals surface area contributed by atoms with Crippen molar-refractivity contribution in [3.05, 3.63) is 29.8 Å². The van der Waals surface area contributed by atoms with Crippen LogP contribution in [0.4, 0.5) is 0 Å². The summed E-state index contributed by atoms with van der Waals surface area (Å²) in [5.74, 6) is 0.888. The van der Waals surface area contributed by atoms with Gasteiger partial charge in [0.15, 0.2) is 0 Å². The highest BCUT2D eigenvalue weighted by Gasteiger charge is 2.02. The van der Waals surface area contributed by atoms with Gasteiger partial charge in [0, 0.05) is 19.2 Å². The second kappa shape index (κ2) is 10.6. The lowest BCUT2D eigenvalue weighted by molar-refractivity contribution is -0.0128. The molecular weight excluding hydrogens is 266 g/mol. The van der Waals surface area contributed by atoms with Crippen molar-refractivity contribution in [3.63, 3.8) is 0 Å². The lowest BCUT2D eigenvalue weighted by atomic mass is 10.2.